The van der Waals surface area contributed by atoms with Crippen molar-refractivity contribution in [1.29, 1.82) is 0 Å². The van der Waals surface area contributed by atoms with E-state index < -0.39 is 0 Å². The van der Waals surface area contributed by atoms with Crippen LogP contribution < -0.4 is 5.32 Å². The van der Waals surface area contributed by atoms with E-state index >= 15 is 0 Å². The Morgan fingerprint density at radius 2 is 2.19 bits per heavy atom. The number of anilines is 1. The van der Waals surface area contributed by atoms with Crippen LogP contribution in [0, 0.1) is 0 Å². The third-order valence-corrected chi connectivity index (χ3v) is 7.48. The standard InChI is InChI=1S/C18H20N4OS3/c1-22-9-8-13-15(11-22)25-17(19-13)21-16(23)7-4-10-24-18-20-12-5-2-3-6-14(12)26-18/h2-3,5-6H,4,7-11H2,1H3,(H,19,21,23). The molecule has 0 unspecified atom stereocenters. The van der Waals surface area contributed by atoms with Gasteiger partial charge in [0.2, 0.25) is 5.91 Å². The Labute approximate surface area is 164 Å². The lowest BCUT2D eigenvalue weighted by molar-refractivity contribution is -0.116. The molecule has 1 amide bonds. The third kappa shape index (κ3) is 4.25. The van der Waals surface area contributed by atoms with Gasteiger partial charge >= 0.3 is 0 Å². The van der Waals surface area contributed by atoms with E-state index in [2.05, 4.69) is 33.3 Å². The maximum absolute atomic E-state index is 12.2. The molecule has 3 heterocycles. The SMILES string of the molecule is CN1CCc2nc(NC(=O)CCCSc3nc4ccccc4s3)sc2C1. The van der Waals surface area contributed by atoms with Gasteiger partial charge in [-0.3, -0.25) is 4.79 Å². The zero-order chi connectivity index (χ0) is 17.9. The van der Waals surface area contributed by atoms with Crippen molar-refractivity contribution in [3.63, 3.8) is 0 Å². The van der Waals surface area contributed by atoms with E-state index in [1.54, 1.807) is 34.4 Å². The Morgan fingerprint density at radius 3 is 3.08 bits per heavy atom. The quantitative estimate of drug-likeness (QED) is 0.492. The minimum atomic E-state index is 0.0503. The number of fused-ring (bicyclic) bond motifs is 2. The van der Waals surface area contributed by atoms with Gasteiger partial charge in [-0.1, -0.05) is 23.9 Å². The first-order chi connectivity index (χ1) is 12.7. The molecule has 1 aromatic carbocycles. The number of thiazole rings is 2. The van der Waals surface area contributed by atoms with E-state index in [0.717, 1.165) is 52.4 Å². The number of benzene rings is 1. The molecule has 2 aromatic heterocycles. The lowest BCUT2D eigenvalue weighted by atomic mass is 10.2. The molecule has 1 N–H and O–H groups in total. The molecule has 136 valence electrons. The van der Waals surface area contributed by atoms with Crippen molar-refractivity contribution in [2.24, 2.45) is 0 Å². The van der Waals surface area contributed by atoms with E-state index in [9.17, 15) is 4.79 Å². The summed E-state index contributed by atoms with van der Waals surface area (Å²) in [6.45, 7) is 1.97. The Morgan fingerprint density at radius 1 is 1.31 bits per heavy atom. The maximum atomic E-state index is 12.2. The average Bonchev–Trinajstić information content (AvgIpc) is 3.21. The molecule has 4 rings (SSSR count). The molecule has 0 fully saturated rings. The van der Waals surface area contributed by atoms with E-state index in [4.69, 9.17) is 0 Å². The Hall–Kier alpha value is -1.48. The molecule has 0 aliphatic carbocycles. The number of hydrogen-bond acceptors (Lipinski definition) is 7. The Bertz CT molecular complexity index is 887. The summed E-state index contributed by atoms with van der Waals surface area (Å²) in [7, 11) is 2.12. The van der Waals surface area contributed by atoms with Crippen molar-refractivity contribution >= 4 is 55.7 Å². The molecule has 1 aliphatic heterocycles. The van der Waals surface area contributed by atoms with Crippen LogP contribution in [0.15, 0.2) is 28.6 Å². The van der Waals surface area contributed by atoms with Crippen LogP contribution in [0.3, 0.4) is 0 Å². The molecule has 1 aliphatic rings. The molecule has 3 aromatic rings. The second kappa shape index (κ2) is 8.04. The number of rotatable bonds is 6. The number of aromatic nitrogens is 2. The van der Waals surface area contributed by atoms with Gasteiger partial charge in [-0.05, 0) is 25.6 Å². The fourth-order valence-corrected chi connectivity index (χ4v) is 6.05. The first kappa shape index (κ1) is 17.9. The molecule has 0 bridgehead atoms. The summed E-state index contributed by atoms with van der Waals surface area (Å²) in [5.74, 6) is 0.946. The topological polar surface area (TPSA) is 58.1 Å². The molecule has 0 spiro atoms. The van der Waals surface area contributed by atoms with Gasteiger partial charge < -0.3 is 10.2 Å². The summed E-state index contributed by atoms with van der Waals surface area (Å²) in [6.07, 6.45) is 2.32. The largest absolute Gasteiger partial charge is 0.302 e. The Balaban J connectivity index is 1.23. The highest BCUT2D eigenvalue weighted by Gasteiger charge is 2.19. The second-order valence-electron chi connectivity index (χ2n) is 6.32. The molecule has 26 heavy (non-hydrogen) atoms. The lowest BCUT2D eigenvalue weighted by Crippen LogP contribution is -2.25. The second-order valence-corrected chi connectivity index (χ2v) is 9.78. The van der Waals surface area contributed by atoms with Crippen molar-refractivity contribution < 1.29 is 4.79 Å². The highest BCUT2D eigenvalue weighted by Crippen LogP contribution is 2.30. The predicted octanol–water partition coefficient (Wildman–Crippen LogP) is 4.25. The minimum Gasteiger partial charge on any atom is -0.302 e. The van der Waals surface area contributed by atoms with Crippen molar-refractivity contribution in [1.82, 2.24) is 14.9 Å². The smallest absolute Gasteiger partial charge is 0.226 e. The Kier molecular flexibility index (Phi) is 5.54. The molecule has 0 atom stereocenters. The zero-order valence-corrected chi connectivity index (χ0v) is 17.0. The summed E-state index contributed by atoms with van der Waals surface area (Å²) in [4.78, 5) is 24.9. The number of likely N-dealkylation sites (N-methyl/N-ethyl adjacent to an activating group) is 1. The summed E-state index contributed by atoms with van der Waals surface area (Å²) < 4.78 is 2.29. The van der Waals surface area contributed by atoms with Crippen LogP contribution in [0.2, 0.25) is 0 Å². The van der Waals surface area contributed by atoms with Crippen LogP contribution >= 0.6 is 34.4 Å². The van der Waals surface area contributed by atoms with Gasteiger partial charge in [0.1, 0.15) is 0 Å². The molecule has 5 nitrogen and oxygen atoms in total. The first-order valence-corrected chi connectivity index (χ1v) is 11.2. The minimum absolute atomic E-state index is 0.0503. The number of nitrogens with one attached hydrogen (secondary N) is 1. The fraction of sp³-hybridized carbons (Fsp3) is 0.389. The van der Waals surface area contributed by atoms with Crippen molar-refractivity contribution in [3.8, 4) is 0 Å². The first-order valence-electron chi connectivity index (χ1n) is 8.63. The van der Waals surface area contributed by atoms with Gasteiger partial charge in [-0.15, -0.1) is 22.7 Å². The maximum Gasteiger partial charge on any atom is 0.226 e. The number of carbonyl (C=O) groups excluding carboxylic acids is 1. The zero-order valence-electron chi connectivity index (χ0n) is 14.5. The van der Waals surface area contributed by atoms with Gasteiger partial charge in [0, 0.05) is 36.6 Å². The van der Waals surface area contributed by atoms with Crippen molar-refractivity contribution in [2.75, 3.05) is 24.7 Å². The van der Waals surface area contributed by atoms with Gasteiger partial charge in [-0.2, -0.15) is 0 Å². The van der Waals surface area contributed by atoms with Gasteiger partial charge in [0.05, 0.1) is 15.9 Å². The number of para-hydroxylation sites is 1. The molecular weight excluding hydrogens is 384 g/mol. The highest BCUT2D eigenvalue weighted by atomic mass is 32.2. The van der Waals surface area contributed by atoms with E-state index in [-0.39, 0.29) is 5.91 Å². The van der Waals surface area contributed by atoms with E-state index in [1.807, 2.05) is 18.2 Å². The molecule has 0 radical (unpaired) electrons. The van der Waals surface area contributed by atoms with Crippen molar-refractivity contribution in [2.45, 2.75) is 30.1 Å². The summed E-state index contributed by atoms with van der Waals surface area (Å²) in [5.41, 5.74) is 2.20. The van der Waals surface area contributed by atoms with Crippen LogP contribution in [0.1, 0.15) is 23.4 Å². The van der Waals surface area contributed by atoms with Crippen LogP contribution in [0.25, 0.3) is 10.2 Å². The predicted molar refractivity (Wildman–Crippen MR) is 110 cm³/mol. The number of hydrogen-bond donors (Lipinski definition) is 1. The molecule has 0 saturated heterocycles. The van der Waals surface area contributed by atoms with Gasteiger partial charge in [0.15, 0.2) is 9.47 Å². The summed E-state index contributed by atoms with van der Waals surface area (Å²) >= 11 is 5.05. The summed E-state index contributed by atoms with van der Waals surface area (Å²) in [5, 5.41) is 3.71. The fourth-order valence-electron chi connectivity index (χ4n) is 2.86. The number of carbonyl (C=O) groups is 1. The van der Waals surface area contributed by atoms with Gasteiger partial charge in [-0.25, -0.2) is 9.97 Å². The third-order valence-electron chi connectivity index (χ3n) is 4.22. The molecule has 8 heteroatoms. The van der Waals surface area contributed by atoms with Crippen molar-refractivity contribution in [3.05, 3.63) is 34.8 Å². The monoisotopic (exact) mass is 404 g/mol. The summed E-state index contributed by atoms with van der Waals surface area (Å²) in [6, 6.07) is 8.17. The average molecular weight is 405 g/mol. The highest BCUT2D eigenvalue weighted by molar-refractivity contribution is 8.01. The van der Waals surface area contributed by atoms with Gasteiger partial charge in [0.25, 0.3) is 0 Å². The van der Waals surface area contributed by atoms with Crippen LogP contribution in [0.5, 0.6) is 0 Å². The normalized spacial score (nSPS) is 14.5. The van der Waals surface area contributed by atoms with E-state index in [1.165, 1.54) is 9.58 Å². The number of amides is 1. The van der Waals surface area contributed by atoms with Crippen LogP contribution in [-0.2, 0) is 17.8 Å². The number of nitrogens with zero attached hydrogens (tertiary/aromatic N) is 3. The number of thioether (sulfide) groups is 1. The van der Waals surface area contributed by atoms with E-state index in [0.29, 0.717) is 6.42 Å². The molecular formula is C18H20N4OS3. The van der Waals surface area contributed by atoms with Crippen LogP contribution in [-0.4, -0.2) is 40.1 Å². The molecule has 0 saturated carbocycles. The lowest BCUT2D eigenvalue weighted by Gasteiger charge is -2.20. The van der Waals surface area contributed by atoms with Crippen LogP contribution in [0.4, 0.5) is 5.13 Å².